The number of hydrogen-bond donors (Lipinski definition) is 2. The monoisotopic (exact) mass is 276 g/mol. The lowest BCUT2D eigenvalue weighted by Crippen LogP contribution is -2.24. The first kappa shape index (κ1) is 14.3. The van der Waals surface area contributed by atoms with Gasteiger partial charge in [-0.15, -0.1) is 0 Å². The molecule has 0 aliphatic rings. The summed E-state index contributed by atoms with van der Waals surface area (Å²) in [5.74, 6) is 0. The molecule has 0 saturated carbocycles. The molecule has 0 aliphatic carbocycles. The maximum Gasteiger partial charge on any atom is 0.240 e. The minimum atomic E-state index is -3.51. The molecular formula is C11H17ClN2O2S. The van der Waals surface area contributed by atoms with Gasteiger partial charge in [0, 0.05) is 17.3 Å². The van der Waals surface area contributed by atoms with Crippen LogP contribution in [-0.4, -0.2) is 15.0 Å². The largest absolute Gasteiger partial charge is 0.398 e. The number of halogens is 1. The molecule has 0 spiro atoms. The first-order chi connectivity index (χ1) is 7.88. The van der Waals surface area contributed by atoms with Gasteiger partial charge in [-0.3, -0.25) is 0 Å². The predicted octanol–water partition coefficient (Wildman–Crippen LogP) is 2.31. The van der Waals surface area contributed by atoms with E-state index < -0.39 is 10.0 Å². The molecule has 0 bridgehead atoms. The van der Waals surface area contributed by atoms with Gasteiger partial charge in [0.2, 0.25) is 10.0 Å². The van der Waals surface area contributed by atoms with Gasteiger partial charge in [-0.2, -0.15) is 0 Å². The van der Waals surface area contributed by atoms with Gasteiger partial charge < -0.3 is 5.73 Å². The summed E-state index contributed by atoms with van der Waals surface area (Å²) in [6.45, 7) is 4.16. The van der Waals surface area contributed by atoms with E-state index in [1.54, 1.807) is 6.92 Å². The maximum absolute atomic E-state index is 11.9. The quantitative estimate of drug-likeness (QED) is 0.640. The second-order valence-electron chi connectivity index (χ2n) is 3.87. The van der Waals surface area contributed by atoms with Crippen molar-refractivity contribution in [3.05, 3.63) is 22.7 Å². The normalized spacial score (nSPS) is 11.7. The molecule has 3 N–H and O–H groups in total. The number of unbranched alkanes of at least 4 members (excludes halogenated alkanes) is 1. The Bertz CT molecular complexity index is 477. The van der Waals surface area contributed by atoms with Crippen molar-refractivity contribution in [1.82, 2.24) is 4.72 Å². The van der Waals surface area contributed by atoms with E-state index in [0.29, 0.717) is 22.8 Å². The topological polar surface area (TPSA) is 72.2 Å². The van der Waals surface area contributed by atoms with Gasteiger partial charge in [0.25, 0.3) is 0 Å². The lowest BCUT2D eigenvalue weighted by Gasteiger charge is -2.09. The van der Waals surface area contributed by atoms with Crippen molar-refractivity contribution >= 4 is 27.3 Å². The molecule has 1 aromatic carbocycles. The Labute approximate surface area is 107 Å². The second-order valence-corrected chi connectivity index (χ2v) is 6.04. The third-order valence-electron chi connectivity index (χ3n) is 2.49. The lowest BCUT2D eigenvalue weighted by atomic mass is 10.2. The highest BCUT2D eigenvalue weighted by molar-refractivity contribution is 7.89. The number of anilines is 1. The second kappa shape index (κ2) is 5.71. The summed E-state index contributed by atoms with van der Waals surface area (Å²) < 4.78 is 26.3. The summed E-state index contributed by atoms with van der Waals surface area (Å²) in [7, 11) is -3.51. The highest BCUT2D eigenvalue weighted by Crippen LogP contribution is 2.25. The first-order valence-electron chi connectivity index (χ1n) is 5.43. The van der Waals surface area contributed by atoms with Crippen molar-refractivity contribution in [2.75, 3.05) is 12.3 Å². The summed E-state index contributed by atoms with van der Waals surface area (Å²) in [5, 5.41) is 0.362. The van der Waals surface area contributed by atoms with Crippen LogP contribution in [0, 0.1) is 6.92 Å². The Balaban J connectivity index is 2.99. The van der Waals surface area contributed by atoms with Gasteiger partial charge in [-0.05, 0) is 31.0 Å². The SMILES string of the molecule is CCCCNS(=O)(=O)c1cc(N)c(C)c(Cl)c1. The molecule has 0 unspecified atom stereocenters. The molecule has 6 heteroatoms. The molecule has 4 nitrogen and oxygen atoms in total. The average molecular weight is 277 g/mol. The molecule has 0 radical (unpaired) electrons. The third kappa shape index (κ3) is 3.59. The fourth-order valence-corrected chi connectivity index (χ4v) is 2.72. The zero-order chi connectivity index (χ0) is 13.1. The highest BCUT2D eigenvalue weighted by Gasteiger charge is 2.15. The summed E-state index contributed by atoms with van der Waals surface area (Å²) >= 11 is 5.91. The number of rotatable bonds is 5. The third-order valence-corrected chi connectivity index (χ3v) is 4.32. The zero-order valence-corrected chi connectivity index (χ0v) is 11.5. The average Bonchev–Trinajstić information content (AvgIpc) is 2.25. The lowest BCUT2D eigenvalue weighted by molar-refractivity contribution is 0.578. The van der Waals surface area contributed by atoms with Crippen LogP contribution in [0.15, 0.2) is 17.0 Å². The van der Waals surface area contributed by atoms with E-state index in [1.165, 1.54) is 12.1 Å². The van der Waals surface area contributed by atoms with E-state index in [4.69, 9.17) is 17.3 Å². The standard InChI is InChI=1S/C11H17ClN2O2S/c1-3-4-5-14-17(15,16)9-6-10(12)8(2)11(13)7-9/h6-7,14H,3-5,13H2,1-2H3. The Hall–Kier alpha value is -0.780. The van der Waals surface area contributed by atoms with Gasteiger partial charge in [0.15, 0.2) is 0 Å². The maximum atomic E-state index is 11.9. The van der Waals surface area contributed by atoms with Crippen LogP contribution in [0.2, 0.25) is 5.02 Å². The molecule has 0 aliphatic heterocycles. The Morgan fingerprint density at radius 1 is 1.41 bits per heavy atom. The number of sulfonamides is 1. The van der Waals surface area contributed by atoms with E-state index in [-0.39, 0.29) is 4.90 Å². The molecular weight excluding hydrogens is 260 g/mol. The molecule has 0 atom stereocenters. The number of nitrogens with two attached hydrogens (primary N) is 1. The smallest absolute Gasteiger partial charge is 0.240 e. The highest BCUT2D eigenvalue weighted by atomic mass is 35.5. The van der Waals surface area contributed by atoms with Crippen molar-refractivity contribution in [2.45, 2.75) is 31.6 Å². The molecule has 0 fully saturated rings. The molecule has 0 aromatic heterocycles. The summed E-state index contributed by atoms with van der Waals surface area (Å²) in [6.07, 6.45) is 1.73. The van der Waals surface area contributed by atoms with E-state index in [9.17, 15) is 8.42 Å². The molecule has 0 heterocycles. The molecule has 1 rings (SSSR count). The van der Waals surface area contributed by atoms with Crippen molar-refractivity contribution in [3.8, 4) is 0 Å². The van der Waals surface area contributed by atoms with Crippen LogP contribution in [0.25, 0.3) is 0 Å². The van der Waals surface area contributed by atoms with Gasteiger partial charge >= 0.3 is 0 Å². The minimum absolute atomic E-state index is 0.113. The van der Waals surface area contributed by atoms with Crippen molar-refractivity contribution < 1.29 is 8.42 Å². The van der Waals surface area contributed by atoms with Gasteiger partial charge in [-0.25, -0.2) is 13.1 Å². The van der Waals surface area contributed by atoms with E-state index in [0.717, 1.165) is 12.8 Å². The summed E-state index contributed by atoms with van der Waals surface area (Å²) in [6, 6.07) is 2.84. The fraction of sp³-hybridized carbons (Fsp3) is 0.455. The molecule has 0 amide bonds. The number of benzene rings is 1. The number of nitrogen functional groups attached to an aromatic ring is 1. The number of nitrogens with one attached hydrogen (secondary N) is 1. The van der Waals surface area contributed by atoms with Gasteiger partial charge in [0.05, 0.1) is 4.90 Å². The van der Waals surface area contributed by atoms with Crippen LogP contribution in [-0.2, 0) is 10.0 Å². The van der Waals surface area contributed by atoms with Crippen LogP contribution < -0.4 is 10.5 Å². The Kier molecular flexibility index (Phi) is 4.80. The Morgan fingerprint density at radius 3 is 2.59 bits per heavy atom. The van der Waals surface area contributed by atoms with Gasteiger partial charge in [0.1, 0.15) is 0 Å². The van der Waals surface area contributed by atoms with Crippen LogP contribution in [0.3, 0.4) is 0 Å². The molecule has 96 valence electrons. The zero-order valence-electron chi connectivity index (χ0n) is 9.96. The predicted molar refractivity (Wildman–Crippen MR) is 70.7 cm³/mol. The van der Waals surface area contributed by atoms with Gasteiger partial charge in [-0.1, -0.05) is 24.9 Å². The van der Waals surface area contributed by atoms with Crippen molar-refractivity contribution in [3.63, 3.8) is 0 Å². The summed E-state index contributed by atoms with van der Waals surface area (Å²) in [5.41, 5.74) is 6.77. The minimum Gasteiger partial charge on any atom is -0.398 e. The fourth-order valence-electron chi connectivity index (χ4n) is 1.30. The van der Waals surface area contributed by atoms with Crippen molar-refractivity contribution in [1.29, 1.82) is 0 Å². The number of hydrogen-bond acceptors (Lipinski definition) is 3. The van der Waals surface area contributed by atoms with Crippen molar-refractivity contribution in [2.24, 2.45) is 0 Å². The molecule has 1 aromatic rings. The van der Waals surface area contributed by atoms with Crippen LogP contribution >= 0.6 is 11.6 Å². The first-order valence-corrected chi connectivity index (χ1v) is 7.30. The van der Waals surface area contributed by atoms with E-state index >= 15 is 0 Å². The van der Waals surface area contributed by atoms with Crippen LogP contribution in [0.4, 0.5) is 5.69 Å². The van der Waals surface area contributed by atoms with Crippen LogP contribution in [0.5, 0.6) is 0 Å². The summed E-state index contributed by atoms with van der Waals surface area (Å²) in [4.78, 5) is 0.113. The molecule has 17 heavy (non-hydrogen) atoms. The van der Waals surface area contributed by atoms with E-state index in [2.05, 4.69) is 4.72 Å². The van der Waals surface area contributed by atoms with Crippen LogP contribution in [0.1, 0.15) is 25.3 Å². The molecule has 0 saturated heterocycles. The van der Waals surface area contributed by atoms with E-state index in [1.807, 2.05) is 6.92 Å². The Morgan fingerprint density at radius 2 is 2.06 bits per heavy atom.